The van der Waals surface area contributed by atoms with Crippen molar-refractivity contribution in [3.05, 3.63) is 105 Å². The lowest BCUT2D eigenvalue weighted by Gasteiger charge is -2.39. The van der Waals surface area contributed by atoms with Crippen molar-refractivity contribution < 1.29 is 13.3 Å². The van der Waals surface area contributed by atoms with Crippen LogP contribution < -0.4 is 0 Å². The van der Waals surface area contributed by atoms with E-state index in [0.717, 1.165) is 17.2 Å². The fourth-order valence-electron chi connectivity index (χ4n) is 4.03. The van der Waals surface area contributed by atoms with E-state index in [9.17, 15) is 18.5 Å². The van der Waals surface area contributed by atoms with E-state index >= 15 is 0 Å². The van der Waals surface area contributed by atoms with Crippen LogP contribution >= 0.6 is 11.6 Å². The van der Waals surface area contributed by atoms with Crippen molar-refractivity contribution in [2.75, 3.05) is 26.2 Å². The number of sulfonamides is 1. The molecule has 0 spiro atoms. The smallest absolute Gasteiger partial charge is 0.289 e. The molecule has 1 aliphatic rings. The number of nitro benzene ring substituents is 1. The fourth-order valence-corrected chi connectivity index (χ4v) is 5.66. The Morgan fingerprint density at radius 1 is 0.844 bits per heavy atom. The van der Waals surface area contributed by atoms with E-state index in [-0.39, 0.29) is 29.0 Å². The monoisotopic (exact) mass is 471 g/mol. The SMILES string of the molecule is O=[N+]([O-])c1cc(S(=O)(=O)N2CCN(C(c3ccccc3)c3ccccc3)CC2)ccc1Cl. The average molecular weight is 472 g/mol. The van der Waals surface area contributed by atoms with Crippen molar-refractivity contribution in [2.24, 2.45) is 0 Å². The molecule has 0 unspecified atom stereocenters. The Kier molecular flexibility index (Phi) is 6.57. The second-order valence-electron chi connectivity index (χ2n) is 7.53. The normalized spacial score (nSPS) is 15.7. The highest BCUT2D eigenvalue weighted by Gasteiger charge is 2.33. The molecular formula is C23H22ClN3O4S. The van der Waals surface area contributed by atoms with Crippen molar-refractivity contribution in [1.82, 2.24) is 9.21 Å². The van der Waals surface area contributed by atoms with Gasteiger partial charge in [-0.3, -0.25) is 15.0 Å². The van der Waals surface area contributed by atoms with Gasteiger partial charge in [-0.1, -0.05) is 72.3 Å². The summed E-state index contributed by atoms with van der Waals surface area (Å²) in [6, 6.07) is 23.9. The molecule has 7 nitrogen and oxygen atoms in total. The Morgan fingerprint density at radius 3 is 1.88 bits per heavy atom. The number of rotatable bonds is 6. The molecule has 1 aliphatic heterocycles. The third-order valence-corrected chi connectivity index (χ3v) is 7.84. The molecule has 0 amide bonds. The standard InChI is InChI=1S/C23H22ClN3O4S/c24-21-12-11-20(17-22(21)27(28)29)32(30,31)26-15-13-25(14-16-26)23(18-7-3-1-4-8-18)19-9-5-2-6-10-19/h1-12,17,23H,13-16H2. The van der Waals surface area contributed by atoms with Crippen molar-refractivity contribution in [3.63, 3.8) is 0 Å². The summed E-state index contributed by atoms with van der Waals surface area (Å²) in [5.41, 5.74) is 1.87. The maximum Gasteiger partial charge on any atom is 0.289 e. The molecule has 9 heteroatoms. The first kappa shape index (κ1) is 22.4. The zero-order valence-electron chi connectivity index (χ0n) is 17.2. The molecule has 1 saturated heterocycles. The first-order valence-corrected chi connectivity index (χ1v) is 12.0. The van der Waals surface area contributed by atoms with Crippen LogP contribution in [0.1, 0.15) is 17.2 Å². The van der Waals surface area contributed by atoms with Crippen molar-refractivity contribution in [3.8, 4) is 0 Å². The average Bonchev–Trinajstić information content (AvgIpc) is 2.81. The van der Waals surface area contributed by atoms with Gasteiger partial charge in [-0.15, -0.1) is 0 Å². The van der Waals surface area contributed by atoms with E-state index in [1.165, 1.54) is 16.4 Å². The van der Waals surface area contributed by atoms with Crippen LogP contribution in [0.2, 0.25) is 5.02 Å². The van der Waals surface area contributed by atoms with Crippen LogP contribution in [0.4, 0.5) is 5.69 Å². The van der Waals surface area contributed by atoms with E-state index in [1.807, 2.05) is 36.4 Å². The summed E-state index contributed by atoms with van der Waals surface area (Å²) >= 11 is 5.84. The summed E-state index contributed by atoms with van der Waals surface area (Å²) in [6.07, 6.45) is 0. The highest BCUT2D eigenvalue weighted by atomic mass is 35.5. The highest BCUT2D eigenvalue weighted by Crippen LogP contribution is 2.32. The maximum absolute atomic E-state index is 13.1. The summed E-state index contributed by atoms with van der Waals surface area (Å²) in [6.45, 7) is 1.64. The minimum atomic E-state index is -3.87. The minimum Gasteiger partial charge on any atom is -0.290 e. The van der Waals surface area contributed by atoms with E-state index < -0.39 is 20.6 Å². The van der Waals surface area contributed by atoms with Gasteiger partial charge in [-0.25, -0.2) is 8.42 Å². The molecule has 166 valence electrons. The zero-order chi connectivity index (χ0) is 22.7. The Labute approximate surface area is 192 Å². The molecule has 0 bridgehead atoms. The van der Waals surface area contributed by atoms with Gasteiger partial charge in [0.2, 0.25) is 10.0 Å². The molecule has 3 aromatic rings. The first-order valence-electron chi connectivity index (χ1n) is 10.2. The largest absolute Gasteiger partial charge is 0.290 e. The van der Waals surface area contributed by atoms with Gasteiger partial charge < -0.3 is 0 Å². The van der Waals surface area contributed by atoms with Crippen molar-refractivity contribution >= 4 is 27.3 Å². The Balaban J connectivity index is 1.56. The molecule has 0 atom stereocenters. The van der Waals surface area contributed by atoms with Gasteiger partial charge >= 0.3 is 0 Å². The topological polar surface area (TPSA) is 83.8 Å². The summed E-state index contributed by atoms with van der Waals surface area (Å²) in [4.78, 5) is 12.6. The summed E-state index contributed by atoms with van der Waals surface area (Å²) in [7, 11) is -3.87. The summed E-state index contributed by atoms with van der Waals surface area (Å²) in [5, 5.41) is 11.1. The van der Waals surface area contributed by atoms with Gasteiger partial charge in [0.25, 0.3) is 5.69 Å². The van der Waals surface area contributed by atoms with Crippen LogP contribution in [-0.2, 0) is 10.0 Å². The zero-order valence-corrected chi connectivity index (χ0v) is 18.7. The minimum absolute atomic E-state index is 0.0128. The van der Waals surface area contributed by atoms with Crippen LogP contribution in [0.5, 0.6) is 0 Å². The van der Waals surface area contributed by atoms with E-state index in [4.69, 9.17) is 11.6 Å². The molecule has 1 heterocycles. The Bertz CT molecular complexity index is 1160. The molecule has 0 radical (unpaired) electrons. The predicted molar refractivity (Wildman–Crippen MR) is 123 cm³/mol. The molecule has 1 fully saturated rings. The lowest BCUT2D eigenvalue weighted by atomic mass is 9.96. The molecule has 3 aromatic carbocycles. The summed E-state index contributed by atoms with van der Waals surface area (Å²) < 4.78 is 27.6. The predicted octanol–water partition coefficient (Wildman–Crippen LogP) is 4.34. The van der Waals surface area contributed by atoms with Crippen LogP contribution in [-0.4, -0.2) is 48.7 Å². The second-order valence-corrected chi connectivity index (χ2v) is 9.88. The van der Waals surface area contributed by atoms with Gasteiger partial charge in [0, 0.05) is 32.2 Å². The number of nitrogens with zero attached hydrogens (tertiary/aromatic N) is 3. The van der Waals surface area contributed by atoms with Crippen molar-refractivity contribution in [1.29, 1.82) is 0 Å². The van der Waals surface area contributed by atoms with E-state index in [1.54, 1.807) is 0 Å². The van der Waals surface area contributed by atoms with Crippen molar-refractivity contribution in [2.45, 2.75) is 10.9 Å². The molecule has 0 aliphatic carbocycles. The quantitative estimate of drug-likeness (QED) is 0.394. The Hall–Kier alpha value is -2.78. The van der Waals surface area contributed by atoms with Gasteiger partial charge in [-0.2, -0.15) is 4.31 Å². The van der Waals surface area contributed by atoms with E-state index in [0.29, 0.717) is 13.1 Å². The molecule has 32 heavy (non-hydrogen) atoms. The van der Waals surface area contributed by atoms with Crippen LogP contribution in [0, 0.1) is 10.1 Å². The Morgan fingerprint density at radius 2 is 1.38 bits per heavy atom. The number of hydrogen-bond donors (Lipinski definition) is 0. The van der Waals surface area contributed by atoms with Crippen LogP contribution in [0.3, 0.4) is 0 Å². The maximum atomic E-state index is 13.1. The number of hydrogen-bond acceptors (Lipinski definition) is 5. The van der Waals surface area contributed by atoms with Gasteiger partial charge in [0.05, 0.1) is 15.9 Å². The highest BCUT2D eigenvalue weighted by molar-refractivity contribution is 7.89. The van der Waals surface area contributed by atoms with Gasteiger partial charge in [0.15, 0.2) is 0 Å². The number of halogens is 1. The van der Waals surface area contributed by atoms with Crippen LogP contribution in [0.25, 0.3) is 0 Å². The van der Waals surface area contributed by atoms with Crippen LogP contribution in [0.15, 0.2) is 83.8 Å². The molecule has 0 saturated carbocycles. The first-order chi connectivity index (χ1) is 15.4. The molecule has 0 aromatic heterocycles. The summed E-state index contributed by atoms with van der Waals surface area (Å²) in [5.74, 6) is 0. The molecule has 4 rings (SSSR count). The number of nitro groups is 1. The molecular weight excluding hydrogens is 450 g/mol. The lowest BCUT2D eigenvalue weighted by molar-refractivity contribution is -0.384. The molecule has 0 N–H and O–H groups in total. The van der Waals surface area contributed by atoms with E-state index in [2.05, 4.69) is 29.2 Å². The van der Waals surface area contributed by atoms with Gasteiger partial charge in [0.1, 0.15) is 5.02 Å². The lowest BCUT2D eigenvalue weighted by Crippen LogP contribution is -2.49. The second kappa shape index (κ2) is 9.38. The number of benzene rings is 3. The fraction of sp³-hybridized carbons (Fsp3) is 0.217. The number of piperazine rings is 1. The van der Waals surface area contributed by atoms with Gasteiger partial charge in [-0.05, 0) is 23.3 Å². The third-order valence-electron chi connectivity index (χ3n) is 5.62. The third kappa shape index (κ3) is 4.54.